The van der Waals surface area contributed by atoms with Crippen LogP contribution in [0.5, 0.6) is 0 Å². The molecule has 0 radical (unpaired) electrons. The molecule has 0 atom stereocenters. The van der Waals surface area contributed by atoms with E-state index in [4.69, 9.17) is 4.74 Å². The van der Waals surface area contributed by atoms with Crippen LogP contribution < -0.4 is 0 Å². The van der Waals surface area contributed by atoms with Crippen LogP contribution in [0.2, 0.25) is 0 Å². The van der Waals surface area contributed by atoms with Crippen molar-refractivity contribution in [3.63, 3.8) is 0 Å². The summed E-state index contributed by atoms with van der Waals surface area (Å²) in [6.45, 7) is 2.98. The number of hydrogen-bond acceptors (Lipinski definition) is 4. The molecule has 0 aromatic heterocycles. The van der Waals surface area contributed by atoms with Crippen LogP contribution in [-0.2, 0) is 4.74 Å². The largest absolute Gasteiger partial charge is 0.454 e. The quantitative estimate of drug-likeness (QED) is 0.509. The third-order valence-electron chi connectivity index (χ3n) is 4.39. The van der Waals surface area contributed by atoms with Gasteiger partial charge in [-0.15, -0.1) is 0 Å². The summed E-state index contributed by atoms with van der Waals surface area (Å²) in [4.78, 5) is 24.8. The molecular formula is C24H22O4. The summed E-state index contributed by atoms with van der Waals surface area (Å²) < 4.78 is 5.24. The van der Waals surface area contributed by atoms with Crippen LogP contribution in [0.4, 0.5) is 0 Å². The van der Waals surface area contributed by atoms with Crippen LogP contribution in [0.1, 0.15) is 40.1 Å². The number of aliphatic hydroxyl groups is 1. The van der Waals surface area contributed by atoms with E-state index < -0.39 is 11.6 Å². The number of benzene rings is 3. The molecule has 0 amide bonds. The number of carbonyl (C=O) groups is 2. The smallest absolute Gasteiger partial charge is 0.338 e. The molecule has 3 rings (SSSR count). The number of aliphatic hydroxyl groups excluding tert-OH is 1. The Morgan fingerprint density at radius 3 is 1.75 bits per heavy atom. The third kappa shape index (κ3) is 4.53. The second-order valence-corrected chi connectivity index (χ2v) is 7.16. The summed E-state index contributed by atoms with van der Waals surface area (Å²) >= 11 is 0. The van der Waals surface area contributed by atoms with Crippen LogP contribution >= 0.6 is 0 Å². The van der Waals surface area contributed by atoms with Gasteiger partial charge in [0.1, 0.15) is 5.60 Å². The summed E-state index contributed by atoms with van der Waals surface area (Å²) in [5, 5.41) is 9.20. The molecule has 3 aromatic rings. The number of ether oxygens (including phenoxy) is 1. The molecule has 0 aliphatic heterocycles. The van der Waals surface area contributed by atoms with Crippen molar-refractivity contribution < 1.29 is 19.4 Å². The molecule has 0 bridgehead atoms. The van der Waals surface area contributed by atoms with Gasteiger partial charge < -0.3 is 9.84 Å². The van der Waals surface area contributed by atoms with Crippen molar-refractivity contribution in [2.24, 2.45) is 0 Å². The van der Waals surface area contributed by atoms with Crippen molar-refractivity contribution >= 4 is 11.8 Å². The zero-order chi connectivity index (χ0) is 20.1. The van der Waals surface area contributed by atoms with E-state index in [0.29, 0.717) is 16.7 Å². The van der Waals surface area contributed by atoms with E-state index in [1.807, 2.05) is 42.5 Å². The predicted molar refractivity (Wildman–Crippen MR) is 108 cm³/mol. The molecule has 1 N–H and O–H groups in total. The molecular weight excluding hydrogens is 352 g/mol. The van der Waals surface area contributed by atoms with Gasteiger partial charge in [-0.3, -0.25) is 4.79 Å². The fourth-order valence-corrected chi connectivity index (χ4v) is 2.71. The molecule has 0 fully saturated rings. The molecule has 0 spiro atoms. The highest BCUT2D eigenvalue weighted by molar-refractivity contribution is 6.09. The first-order valence-corrected chi connectivity index (χ1v) is 9.04. The molecule has 142 valence electrons. The van der Waals surface area contributed by atoms with E-state index in [1.165, 1.54) is 0 Å². The minimum absolute atomic E-state index is 0.116. The zero-order valence-electron chi connectivity index (χ0n) is 15.9. The van der Waals surface area contributed by atoms with Gasteiger partial charge in [-0.2, -0.15) is 0 Å². The van der Waals surface area contributed by atoms with Crippen LogP contribution in [0.15, 0.2) is 78.9 Å². The van der Waals surface area contributed by atoms with Crippen LogP contribution in [0.3, 0.4) is 0 Å². The maximum Gasteiger partial charge on any atom is 0.338 e. The molecule has 0 unspecified atom stereocenters. The van der Waals surface area contributed by atoms with Gasteiger partial charge in [0.15, 0.2) is 5.78 Å². The number of hydrogen-bond donors (Lipinski definition) is 1. The van der Waals surface area contributed by atoms with E-state index in [2.05, 4.69) is 0 Å². The van der Waals surface area contributed by atoms with Crippen LogP contribution in [-0.4, -0.2) is 29.1 Å². The first kappa shape index (κ1) is 19.5. The molecule has 4 heteroatoms. The lowest BCUT2D eigenvalue weighted by molar-refractivity contribution is -0.0265. The molecule has 0 saturated heterocycles. The summed E-state index contributed by atoms with van der Waals surface area (Å²) in [5.41, 5.74) is 2.59. The van der Waals surface area contributed by atoms with Gasteiger partial charge >= 0.3 is 5.97 Å². The van der Waals surface area contributed by atoms with Crippen molar-refractivity contribution in [2.45, 2.75) is 19.4 Å². The number of rotatable bonds is 6. The highest BCUT2D eigenvalue weighted by Gasteiger charge is 2.22. The van der Waals surface area contributed by atoms with Crippen molar-refractivity contribution in [2.75, 3.05) is 6.61 Å². The Hall–Kier alpha value is -3.24. The minimum Gasteiger partial charge on any atom is -0.454 e. The summed E-state index contributed by atoms with van der Waals surface area (Å²) in [6.07, 6.45) is 0. The van der Waals surface area contributed by atoms with Gasteiger partial charge in [-0.1, -0.05) is 66.7 Å². The summed E-state index contributed by atoms with van der Waals surface area (Å²) in [6, 6.07) is 23.7. The Bertz CT molecular complexity index is 956. The maximum atomic E-state index is 12.7. The number of ketones is 1. The van der Waals surface area contributed by atoms with E-state index >= 15 is 0 Å². The van der Waals surface area contributed by atoms with Crippen LogP contribution in [0.25, 0.3) is 11.1 Å². The lowest BCUT2D eigenvalue weighted by atomic mass is 9.99. The summed E-state index contributed by atoms with van der Waals surface area (Å²) in [7, 11) is 0. The lowest BCUT2D eigenvalue weighted by Crippen LogP contribution is -2.32. The monoisotopic (exact) mass is 374 g/mol. The molecule has 28 heavy (non-hydrogen) atoms. The van der Waals surface area contributed by atoms with E-state index in [-0.39, 0.29) is 12.4 Å². The van der Waals surface area contributed by atoms with Crippen molar-refractivity contribution in [1.82, 2.24) is 0 Å². The molecule has 0 aliphatic carbocycles. The van der Waals surface area contributed by atoms with E-state index in [9.17, 15) is 14.7 Å². The number of carbonyl (C=O) groups excluding carboxylic acids is 2. The topological polar surface area (TPSA) is 63.6 Å². The lowest BCUT2D eigenvalue weighted by Gasteiger charge is -2.22. The van der Waals surface area contributed by atoms with Gasteiger partial charge in [0.2, 0.25) is 0 Å². The SMILES string of the molecule is CC(C)(CO)OC(=O)c1ccc(C(=O)c2ccc(-c3ccccc3)cc2)cc1. The Labute approximate surface area is 164 Å². The van der Waals surface area contributed by atoms with Crippen LogP contribution in [0, 0.1) is 0 Å². The highest BCUT2D eigenvalue weighted by Crippen LogP contribution is 2.21. The Kier molecular flexibility index (Phi) is 5.71. The second-order valence-electron chi connectivity index (χ2n) is 7.16. The first-order valence-electron chi connectivity index (χ1n) is 9.04. The van der Waals surface area contributed by atoms with Gasteiger partial charge in [0, 0.05) is 11.1 Å². The molecule has 4 nitrogen and oxygen atoms in total. The average Bonchev–Trinajstić information content (AvgIpc) is 2.74. The van der Waals surface area contributed by atoms with Crippen molar-refractivity contribution in [3.05, 3.63) is 95.6 Å². The fraction of sp³-hybridized carbons (Fsp3) is 0.167. The zero-order valence-corrected chi connectivity index (χ0v) is 15.9. The fourth-order valence-electron chi connectivity index (χ4n) is 2.71. The minimum atomic E-state index is -0.952. The van der Waals surface area contributed by atoms with Crippen molar-refractivity contribution in [1.29, 1.82) is 0 Å². The molecule has 0 saturated carbocycles. The maximum absolute atomic E-state index is 12.7. The molecule has 0 aliphatic rings. The molecule has 0 heterocycles. The van der Waals surface area contributed by atoms with Gasteiger partial charge in [-0.25, -0.2) is 4.79 Å². The highest BCUT2D eigenvalue weighted by atomic mass is 16.6. The molecule has 3 aromatic carbocycles. The summed E-state index contributed by atoms with van der Waals surface area (Å²) in [5.74, 6) is -0.652. The van der Waals surface area contributed by atoms with Gasteiger partial charge in [0.25, 0.3) is 0 Å². The Balaban J connectivity index is 1.73. The predicted octanol–water partition coefficient (Wildman–Crippen LogP) is 4.51. The van der Waals surface area contributed by atoms with Gasteiger partial charge in [-0.05, 0) is 37.1 Å². The van der Waals surface area contributed by atoms with E-state index in [0.717, 1.165) is 11.1 Å². The van der Waals surface area contributed by atoms with Gasteiger partial charge in [0.05, 0.1) is 12.2 Å². The van der Waals surface area contributed by atoms with Crippen molar-refractivity contribution in [3.8, 4) is 11.1 Å². The first-order chi connectivity index (χ1) is 13.4. The normalized spacial score (nSPS) is 11.1. The second kappa shape index (κ2) is 8.19. The average molecular weight is 374 g/mol. The number of esters is 1. The third-order valence-corrected chi connectivity index (χ3v) is 4.39. The van der Waals surface area contributed by atoms with E-state index in [1.54, 1.807) is 50.2 Å². The Morgan fingerprint density at radius 2 is 1.21 bits per heavy atom. The Morgan fingerprint density at radius 1 is 0.750 bits per heavy atom. The standard InChI is InChI=1S/C24H22O4/c1-24(2,16-25)28-23(27)21-14-12-20(13-15-21)22(26)19-10-8-18(9-11-19)17-6-4-3-5-7-17/h3-15,25H,16H2,1-2H3.